The van der Waals surface area contributed by atoms with E-state index in [1.807, 2.05) is 25.1 Å². The van der Waals surface area contributed by atoms with Crippen LogP contribution in [-0.4, -0.2) is 40.4 Å². The molecule has 0 bridgehead atoms. The number of anilines is 1. The second-order valence-corrected chi connectivity index (χ2v) is 8.39. The van der Waals surface area contributed by atoms with E-state index < -0.39 is 23.8 Å². The molecule has 5 rings (SSSR count). The molecule has 2 aromatic carbocycles. The van der Waals surface area contributed by atoms with Crippen LogP contribution in [0.1, 0.15) is 32.5 Å². The Hall–Kier alpha value is -3.72. The first-order valence-electron chi connectivity index (χ1n) is 9.59. The molecule has 2 aliphatic rings. The Morgan fingerprint density at radius 2 is 1.77 bits per heavy atom. The van der Waals surface area contributed by atoms with E-state index in [1.165, 1.54) is 18.3 Å². The largest absolute Gasteiger partial charge is 0.454 e. The number of thiazole rings is 1. The highest BCUT2D eigenvalue weighted by molar-refractivity contribution is 7.16. The molecule has 1 N–H and O–H groups in total. The summed E-state index contributed by atoms with van der Waals surface area (Å²) in [5.41, 5.74) is 2.17. The van der Waals surface area contributed by atoms with Crippen LogP contribution in [0.5, 0.6) is 11.5 Å². The number of benzene rings is 2. The Labute approximate surface area is 181 Å². The topological polar surface area (TPSA) is 97.8 Å². The number of nitrogens with one attached hydrogen (secondary N) is 1. The standard InChI is InChI=1S/C22H17N3O5S/c1-11(25-20(27)14-5-3-4-6-15(14)21(25)28)19(26)24-22-23-18(12(2)31-22)13-7-8-16-17(9-13)30-10-29-16/h3-9,11H,10H2,1-2H3,(H,23,24,26). The van der Waals surface area contributed by atoms with Crippen molar-refractivity contribution in [3.63, 3.8) is 0 Å². The summed E-state index contributed by atoms with van der Waals surface area (Å²) in [7, 11) is 0. The summed E-state index contributed by atoms with van der Waals surface area (Å²) >= 11 is 1.32. The van der Waals surface area contributed by atoms with Gasteiger partial charge >= 0.3 is 0 Å². The molecule has 0 aliphatic carbocycles. The van der Waals surface area contributed by atoms with Gasteiger partial charge in [0.2, 0.25) is 12.7 Å². The Kier molecular flexibility index (Phi) is 4.48. The van der Waals surface area contributed by atoms with Crippen molar-refractivity contribution in [2.45, 2.75) is 19.9 Å². The van der Waals surface area contributed by atoms with Crippen molar-refractivity contribution in [2.24, 2.45) is 0 Å². The molecule has 0 fully saturated rings. The molecule has 9 heteroatoms. The van der Waals surface area contributed by atoms with Gasteiger partial charge in [-0.2, -0.15) is 0 Å². The molecule has 1 atom stereocenters. The highest BCUT2D eigenvalue weighted by Gasteiger charge is 2.40. The van der Waals surface area contributed by atoms with E-state index >= 15 is 0 Å². The van der Waals surface area contributed by atoms with E-state index in [9.17, 15) is 14.4 Å². The number of fused-ring (bicyclic) bond motifs is 2. The van der Waals surface area contributed by atoms with Gasteiger partial charge in [0.05, 0.1) is 16.8 Å². The van der Waals surface area contributed by atoms with Crippen LogP contribution >= 0.6 is 11.3 Å². The lowest BCUT2D eigenvalue weighted by molar-refractivity contribution is -0.119. The monoisotopic (exact) mass is 435 g/mol. The number of nitrogens with zero attached hydrogens (tertiary/aromatic N) is 2. The van der Waals surface area contributed by atoms with E-state index in [0.717, 1.165) is 15.3 Å². The van der Waals surface area contributed by atoms with Gasteiger partial charge in [0.15, 0.2) is 16.6 Å². The van der Waals surface area contributed by atoms with Gasteiger partial charge in [-0.25, -0.2) is 4.98 Å². The zero-order chi connectivity index (χ0) is 21.7. The summed E-state index contributed by atoms with van der Waals surface area (Å²) in [5, 5.41) is 3.12. The third kappa shape index (κ3) is 3.14. The van der Waals surface area contributed by atoms with Crippen LogP contribution in [0.2, 0.25) is 0 Å². The van der Waals surface area contributed by atoms with Crippen molar-refractivity contribution < 1.29 is 23.9 Å². The van der Waals surface area contributed by atoms with Crippen LogP contribution < -0.4 is 14.8 Å². The lowest BCUT2D eigenvalue weighted by Gasteiger charge is -2.21. The van der Waals surface area contributed by atoms with E-state index in [0.29, 0.717) is 33.5 Å². The smallest absolute Gasteiger partial charge is 0.262 e. The lowest BCUT2D eigenvalue weighted by atomic mass is 10.1. The maximum Gasteiger partial charge on any atom is 0.262 e. The number of aryl methyl sites for hydroxylation is 1. The van der Waals surface area contributed by atoms with Crippen LogP contribution in [0.3, 0.4) is 0 Å². The maximum atomic E-state index is 12.8. The number of amides is 3. The summed E-state index contributed by atoms with van der Waals surface area (Å²) in [5.74, 6) is -0.102. The van der Waals surface area contributed by atoms with Gasteiger partial charge < -0.3 is 14.8 Å². The summed E-state index contributed by atoms with van der Waals surface area (Å²) in [6, 6.07) is 11.1. The fourth-order valence-electron chi connectivity index (χ4n) is 3.65. The minimum atomic E-state index is -0.981. The predicted molar refractivity (Wildman–Crippen MR) is 113 cm³/mol. The number of imide groups is 1. The van der Waals surface area contributed by atoms with Gasteiger partial charge in [-0.15, -0.1) is 11.3 Å². The van der Waals surface area contributed by atoms with Gasteiger partial charge in [-0.1, -0.05) is 12.1 Å². The summed E-state index contributed by atoms with van der Waals surface area (Å²) in [6.45, 7) is 3.61. The molecule has 1 unspecified atom stereocenters. The molecule has 3 heterocycles. The lowest BCUT2D eigenvalue weighted by Crippen LogP contribution is -2.45. The number of carbonyl (C=O) groups excluding carboxylic acids is 3. The molecular weight excluding hydrogens is 418 g/mol. The van der Waals surface area contributed by atoms with Gasteiger partial charge in [-0.05, 0) is 44.2 Å². The minimum absolute atomic E-state index is 0.186. The molecule has 3 amide bonds. The van der Waals surface area contributed by atoms with Crippen LogP contribution in [0.25, 0.3) is 11.3 Å². The van der Waals surface area contributed by atoms with Crippen LogP contribution in [0, 0.1) is 6.92 Å². The van der Waals surface area contributed by atoms with E-state index in [-0.39, 0.29) is 6.79 Å². The third-order valence-electron chi connectivity index (χ3n) is 5.26. The second kappa shape index (κ2) is 7.21. The van der Waals surface area contributed by atoms with Crippen molar-refractivity contribution in [3.8, 4) is 22.8 Å². The Morgan fingerprint density at radius 1 is 1.10 bits per heavy atom. The van der Waals surface area contributed by atoms with Crippen molar-refractivity contribution in [2.75, 3.05) is 12.1 Å². The second-order valence-electron chi connectivity index (χ2n) is 7.18. The van der Waals surface area contributed by atoms with E-state index in [1.54, 1.807) is 24.3 Å². The Balaban J connectivity index is 1.35. The van der Waals surface area contributed by atoms with Gasteiger partial charge in [0, 0.05) is 10.4 Å². The summed E-state index contributed by atoms with van der Waals surface area (Å²) < 4.78 is 10.8. The maximum absolute atomic E-state index is 12.8. The summed E-state index contributed by atoms with van der Waals surface area (Å²) in [6.07, 6.45) is 0. The molecule has 0 radical (unpaired) electrons. The zero-order valence-corrected chi connectivity index (χ0v) is 17.5. The normalized spacial score (nSPS) is 15.2. The van der Waals surface area contributed by atoms with Crippen molar-refractivity contribution >= 4 is 34.2 Å². The molecule has 0 saturated carbocycles. The quantitative estimate of drug-likeness (QED) is 0.630. The van der Waals surface area contributed by atoms with Gasteiger partial charge in [0.1, 0.15) is 6.04 Å². The SMILES string of the molecule is Cc1sc(NC(=O)C(C)N2C(=O)c3ccccc3C2=O)nc1-c1ccc2c(c1)OCO2. The number of hydrogen-bond acceptors (Lipinski definition) is 7. The van der Waals surface area contributed by atoms with Crippen LogP contribution in [0.4, 0.5) is 5.13 Å². The van der Waals surface area contributed by atoms with Crippen molar-refractivity contribution in [1.29, 1.82) is 0 Å². The van der Waals surface area contributed by atoms with E-state index in [4.69, 9.17) is 9.47 Å². The first kappa shape index (κ1) is 19.3. The Morgan fingerprint density at radius 3 is 2.48 bits per heavy atom. The fraction of sp³-hybridized carbons (Fsp3) is 0.182. The highest BCUT2D eigenvalue weighted by atomic mass is 32.1. The van der Waals surface area contributed by atoms with Crippen LogP contribution in [-0.2, 0) is 4.79 Å². The molecule has 0 spiro atoms. The predicted octanol–water partition coefficient (Wildman–Crippen LogP) is 3.47. The highest BCUT2D eigenvalue weighted by Crippen LogP contribution is 2.38. The third-order valence-corrected chi connectivity index (χ3v) is 6.15. The number of carbonyl (C=O) groups is 3. The van der Waals surface area contributed by atoms with Crippen molar-refractivity contribution in [3.05, 3.63) is 58.5 Å². The molecule has 3 aromatic rings. The molecular formula is C22H17N3O5S. The summed E-state index contributed by atoms with van der Waals surface area (Å²) in [4.78, 5) is 44.5. The molecule has 8 nitrogen and oxygen atoms in total. The van der Waals surface area contributed by atoms with Gasteiger partial charge in [0.25, 0.3) is 11.8 Å². The fourth-order valence-corrected chi connectivity index (χ4v) is 4.49. The van der Waals surface area contributed by atoms with Crippen molar-refractivity contribution in [1.82, 2.24) is 9.88 Å². The number of hydrogen-bond donors (Lipinski definition) is 1. The molecule has 156 valence electrons. The average molecular weight is 435 g/mol. The Bertz CT molecular complexity index is 1220. The van der Waals surface area contributed by atoms with E-state index in [2.05, 4.69) is 10.3 Å². The molecule has 0 saturated heterocycles. The average Bonchev–Trinajstić information content (AvgIpc) is 3.44. The molecule has 1 aromatic heterocycles. The first-order chi connectivity index (χ1) is 14.9. The molecule has 31 heavy (non-hydrogen) atoms. The first-order valence-corrected chi connectivity index (χ1v) is 10.4. The van der Waals surface area contributed by atoms with Crippen LogP contribution in [0.15, 0.2) is 42.5 Å². The molecule has 2 aliphatic heterocycles. The van der Waals surface area contributed by atoms with Gasteiger partial charge in [-0.3, -0.25) is 19.3 Å². The minimum Gasteiger partial charge on any atom is -0.454 e. The zero-order valence-electron chi connectivity index (χ0n) is 16.7. The number of ether oxygens (including phenoxy) is 2. The number of aromatic nitrogens is 1. The number of rotatable bonds is 4.